The van der Waals surface area contributed by atoms with Crippen molar-refractivity contribution in [1.29, 1.82) is 0 Å². The quantitative estimate of drug-likeness (QED) is 0.635. The highest BCUT2D eigenvalue weighted by Gasteiger charge is 2.49. The van der Waals surface area contributed by atoms with Gasteiger partial charge in [0.1, 0.15) is 5.66 Å². The van der Waals surface area contributed by atoms with E-state index in [2.05, 4.69) is 0 Å². The molecule has 0 bridgehead atoms. The van der Waals surface area contributed by atoms with Gasteiger partial charge in [0.2, 0.25) is 5.91 Å². The summed E-state index contributed by atoms with van der Waals surface area (Å²) < 4.78 is 52.0. The zero-order valence-corrected chi connectivity index (χ0v) is 12.8. The van der Waals surface area contributed by atoms with Gasteiger partial charge in [-0.1, -0.05) is 6.07 Å². The summed E-state index contributed by atoms with van der Waals surface area (Å²) in [4.78, 5) is 32.3. The molecule has 2 N–H and O–H groups in total. The molecule has 5 nitrogen and oxygen atoms in total. The molecular weight excluding hydrogens is 334 g/mol. The number of amides is 1. The third-order valence-electron chi connectivity index (χ3n) is 4.65. The molecule has 0 spiro atoms. The summed E-state index contributed by atoms with van der Waals surface area (Å²) in [6.45, 7) is 0. The fraction of sp³-hybridized carbons (Fsp3) is 0.500. The van der Waals surface area contributed by atoms with Crippen LogP contribution in [0.4, 0.5) is 13.2 Å². The lowest BCUT2D eigenvalue weighted by Gasteiger charge is -2.38. The maximum Gasteiger partial charge on any atom is 0.337 e. The summed E-state index contributed by atoms with van der Waals surface area (Å²) in [5.74, 6) is -5.04. The van der Waals surface area contributed by atoms with Gasteiger partial charge in [0.25, 0.3) is 0 Å². The van der Waals surface area contributed by atoms with Crippen molar-refractivity contribution in [3.05, 3.63) is 35.1 Å². The number of benzene rings is 1. The predicted octanol–water partition coefficient (Wildman–Crippen LogP) is 2.48. The van der Waals surface area contributed by atoms with E-state index in [1.165, 1.54) is 4.90 Å². The van der Waals surface area contributed by atoms with Crippen molar-refractivity contribution < 1.29 is 32.3 Å². The van der Waals surface area contributed by atoms with Gasteiger partial charge in [-0.05, 0) is 31.7 Å². The number of nitrogens with zero attached hydrogens (tertiary/aromatic N) is 1. The van der Waals surface area contributed by atoms with Gasteiger partial charge in [0, 0.05) is 11.6 Å². The lowest BCUT2D eigenvalue weighted by Crippen LogP contribution is -2.47. The number of hydrogen-bond donors (Lipinski definition) is 2. The molecule has 3 rings (SSSR count). The summed E-state index contributed by atoms with van der Waals surface area (Å²) in [6, 6.07) is 0.769. The average Bonchev–Trinajstić information content (AvgIpc) is 2.89. The van der Waals surface area contributed by atoms with Crippen LogP contribution >= 0.6 is 7.60 Å². The van der Waals surface area contributed by atoms with Crippen LogP contribution in [0.15, 0.2) is 12.1 Å². The molecule has 1 aromatic carbocycles. The zero-order chi connectivity index (χ0) is 16.9. The standard InChI is InChI=1S/C14H15F3NO4P/c15-9-4-3-8(12(16)13(9)17)10-5-1-7-2-6-11(23(20,21)22)14(19)18(7)10/h3-4,7,10-11H,1-2,5-6H2,(H2,20,21,22)/t7-,10+,11?/m1/s1. The summed E-state index contributed by atoms with van der Waals surface area (Å²) in [6.07, 6.45) is 1.33. The maximum atomic E-state index is 14.0. The summed E-state index contributed by atoms with van der Waals surface area (Å²) in [7, 11) is -4.61. The second-order valence-electron chi connectivity index (χ2n) is 5.94. The van der Waals surface area contributed by atoms with Crippen molar-refractivity contribution in [1.82, 2.24) is 4.90 Å². The molecule has 0 aromatic heterocycles. The third-order valence-corrected chi connectivity index (χ3v) is 5.94. The largest absolute Gasteiger partial charge is 0.337 e. The number of rotatable bonds is 2. The van der Waals surface area contributed by atoms with Gasteiger partial charge in [-0.2, -0.15) is 0 Å². The monoisotopic (exact) mass is 349 g/mol. The molecule has 0 aliphatic carbocycles. The Morgan fingerprint density at radius 2 is 1.70 bits per heavy atom. The topological polar surface area (TPSA) is 77.8 Å². The fourth-order valence-corrected chi connectivity index (χ4v) is 4.47. The molecule has 0 saturated carbocycles. The van der Waals surface area contributed by atoms with Crippen molar-refractivity contribution >= 4 is 13.5 Å². The van der Waals surface area contributed by atoms with Gasteiger partial charge in [-0.25, -0.2) is 13.2 Å². The van der Waals surface area contributed by atoms with Gasteiger partial charge in [-0.15, -0.1) is 0 Å². The second kappa shape index (κ2) is 5.61. The first-order valence-corrected chi connectivity index (χ1v) is 8.90. The minimum atomic E-state index is -4.61. The van der Waals surface area contributed by atoms with E-state index in [1.807, 2.05) is 0 Å². The smallest absolute Gasteiger partial charge is 0.332 e. The number of piperidine rings is 1. The molecule has 2 aliphatic heterocycles. The molecule has 1 amide bonds. The summed E-state index contributed by atoms with van der Waals surface area (Å²) >= 11 is 0. The molecular formula is C14H15F3NO4P. The molecule has 2 heterocycles. The van der Waals surface area contributed by atoms with Crippen molar-refractivity contribution in [3.63, 3.8) is 0 Å². The Labute approximate surface area is 130 Å². The fourth-order valence-electron chi connectivity index (χ4n) is 3.56. The lowest BCUT2D eigenvalue weighted by molar-refractivity contribution is -0.136. The van der Waals surface area contributed by atoms with Crippen LogP contribution in [0.5, 0.6) is 0 Å². The number of hydrogen-bond acceptors (Lipinski definition) is 2. The van der Waals surface area contributed by atoms with Gasteiger partial charge in [-0.3, -0.25) is 9.36 Å². The van der Waals surface area contributed by atoms with E-state index in [4.69, 9.17) is 0 Å². The Morgan fingerprint density at radius 3 is 2.35 bits per heavy atom. The third kappa shape index (κ3) is 2.69. The number of halogens is 3. The highest BCUT2D eigenvalue weighted by atomic mass is 31.2. The van der Waals surface area contributed by atoms with Crippen molar-refractivity contribution in [2.75, 3.05) is 0 Å². The maximum absolute atomic E-state index is 14.0. The van der Waals surface area contributed by atoms with Gasteiger partial charge >= 0.3 is 7.60 Å². The SMILES string of the molecule is O=C1C(P(=O)(O)O)CC[C@H]2CC[C@@H](c3ccc(F)c(F)c3F)N12. The molecule has 1 aromatic rings. The van der Waals surface area contributed by atoms with Crippen LogP contribution in [0, 0.1) is 17.5 Å². The first-order chi connectivity index (χ1) is 10.7. The Kier molecular flexibility index (Phi) is 4.02. The molecule has 2 saturated heterocycles. The molecule has 2 fully saturated rings. The summed E-state index contributed by atoms with van der Waals surface area (Å²) in [5, 5.41) is 0. The van der Waals surface area contributed by atoms with Crippen molar-refractivity contribution in [3.8, 4) is 0 Å². The molecule has 2 aliphatic rings. The lowest BCUT2D eigenvalue weighted by atomic mass is 10.0. The zero-order valence-electron chi connectivity index (χ0n) is 12.0. The van der Waals surface area contributed by atoms with Crippen LogP contribution in [-0.4, -0.2) is 32.3 Å². The minimum Gasteiger partial charge on any atom is -0.332 e. The van der Waals surface area contributed by atoms with E-state index in [-0.39, 0.29) is 18.0 Å². The van der Waals surface area contributed by atoms with Gasteiger partial charge < -0.3 is 14.7 Å². The van der Waals surface area contributed by atoms with Gasteiger partial charge in [0.15, 0.2) is 17.5 Å². The van der Waals surface area contributed by atoms with Crippen LogP contribution in [0.1, 0.15) is 37.3 Å². The normalized spacial score (nSPS) is 28.1. The first kappa shape index (κ1) is 16.5. The van der Waals surface area contributed by atoms with E-state index in [9.17, 15) is 32.3 Å². The average molecular weight is 349 g/mol. The second-order valence-corrected chi connectivity index (χ2v) is 7.74. The van der Waals surface area contributed by atoms with Crippen LogP contribution in [0.25, 0.3) is 0 Å². The van der Waals surface area contributed by atoms with Crippen LogP contribution < -0.4 is 0 Å². The van der Waals surface area contributed by atoms with E-state index in [0.717, 1.165) is 12.1 Å². The van der Waals surface area contributed by atoms with E-state index in [0.29, 0.717) is 19.3 Å². The Morgan fingerprint density at radius 1 is 1.04 bits per heavy atom. The predicted molar refractivity (Wildman–Crippen MR) is 74.0 cm³/mol. The van der Waals surface area contributed by atoms with Crippen molar-refractivity contribution in [2.24, 2.45) is 0 Å². The number of fused-ring (bicyclic) bond motifs is 1. The van der Waals surface area contributed by atoms with E-state index in [1.54, 1.807) is 0 Å². The molecule has 9 heteroatoms. The Bertz CT molecular complexity index is 708. The number of carbonyl (C=O) groups is 1. The van der Waals surface area contributed by atoms with Crippen molar-refractivity contribution in [2.45, 2.75) is 43.4 Å². The molecule has 126 valence electrons. The number of carbonyl (C=O) groups excluding carboxylic acids is 1. The highest BCUT2D eigenvalue weighted by molar-refractivity contribution is 7.53. The molecule has 3 atom stereocenters. The first-order valence-electron chi connectivity index (χ1n) is 7.22. The minimum absolute atomic E-state index is 0.0667. The highest BCUT2D eigenvalue weighted by Crippen LogP contribution is 2.51. The molecule has 1 unspecified atom stereocenters. The summed E-state index contributed by atoms with van der Waals surface area (Å²) in [5.41, 5.74) is -1.61. The van der Waals surface area contributed by atoms with Crippen LogP contribution in [-0.2, 0) is 9.36 Å². The Hall–Kier alpha value is -1.37. The van der Waals surface area contributed by atoms with E-state index < -0.39 is 42.7 Å². The van der Waals surface area contributed by atoms with Crippen LogP contribution in [0.3, 0.4) is 0 Å². The molecule has 0 radical (unpaired) electrons. The molecule has 23 heavy (non-hydrogen) atoms. The van der Waals surface area contributed by atoms with Crippen LogP contribution in [0.2, 0.25) is 0 Å². The van der Waals surface area contributed by atoms with E-state index >= 15 is 0 Å². The van der Waals surface area contributed by atoms with Gasteiger partial charge in [0.05, 0.1) is 6.04 Å². The Balaban J connectivity index is 1.98.